The van der Waals surface area contributed by atoms with Gasteiger partial charge in [-0.05, 0) is 36.8 Å². The Kier molecular flexibility index (Phi) is 5.38. The Balaban J connectivity index is 2.81. The standard InChI is InChI=1S/C14H21N3O2/c1-10(9-18)16-14(19)7-4-11-8-12(17(2)3)5-6-13(11)15/h4-8,10,18H,9,15H2,1-3H3,(H,16,19). The van der Waals surface area contributed by atoms with Crippen molar-refractivity contribution in [3.05, 3.63) is 29.8 Å². The van der Waals surface area contributed by atoms with Crippen molar-refractivity contribution in [2.45, 2.75) is 13.0 Å². The molecular formula is C14H21N3O2. The fraction of sp³-hybridized carbons (Fsp3) is 0.357. The number of nitrogens with two attached hydrogens (primary N) is 1. The van der Waals surface area contributed by atoms with E-state index in [-0.39, 0.29) is 18.6 Å². The molecule has 0 aromatic heterocycles. The van der Waals surface area contributed by atoms with Crippen LogP contribution in [0.1, 0.15) is 12.5 Å². The average Bonchev–Trinajstić information content (AvgIpc) is 2.37. The van der Waals surface area contributed by atoms with E-state index in [1.807, 2.05) is 37.2 Å². The maximum atomic E-state index is 11.6. The van der Waals surface area contributed by atoms with Gasteiger partial charge in [-0.3, -0.25) is 4.79 Å². The lowest BCUT2D eigenvalue weighted by Gasteiger charge is -2.14. The molecule has 0 heterocycles. The number of nitrogens with zero attached hydrogens (tertiary/aromatic N) is 1. The number of anilines is 2. The van der Waals surface area contributed by atoms with Crippen LogP contribution in [0.2, 0.25) is 0 Å². The molecule has 0 radical (unpaired) electrons. The van der Waals surface area contributed by atoms with Crippen molar-refractivity contribution in [1.29, 1.82) is 0 Å². The first-order chi connectivity index (χ1) is 8.93. The molecule has 19 heavy (non-hydrogen) atoms. The third kappa shape index (κ3) is 4.63. The fourth-order valence-corrected chi connectivity index (χ4v) is 1.49. The molecule has 0 aliphatic carbocycles. The molecule has 0 spiro atoms. The second-order valence-corrected chi connectivity index (χ2v) is 4.63. The molecule has 1 aromatic rings. The minimum absolute atomic E-state index is 0.0855. The lowest BCUT2D eigenvalue weighted by molar-refractivity contribution is -0.117. The second kappa shape index (κ2) is 6.80. The Hall–Kier alpha value is -2.01. The SMILES string of the molecule is CC(CO)NC(=O)C=Cc1cc(N(C)C)ccc1N. The van der Waals surface area contributed by atoms with Gasteiger partial charge in [0.2, 0.25) is 5.91 Å². The number of hydrogen-bond acceptors (Lipinski definition) is 4. The van der Waals surface area contributed by atoms with Gasteiger partial charge in [0.15, 0.2) is 0 Å². The van der Waals surface area contributed by atoms with Crippen LogP contribution >= 0.6 is 0 Å². The molecule has 0 bridgehead atoms. The largest absolute Gasteiger partial charge is 0.398 e. The first-order valence-corrected chi connectivity index (χ1v) is 6.10. The zero-order valence-electron chi connectivity index (χ0n) is 11.6. The van der Waals surface area contributed by atoms with Crippen LogP contribution in [0.5, 0.6) is 0 Å². The average molecular weight is 263 g/mol. The molecule has 0 fully saturated rings. The van der Waals surface area contributed by atoms with Gasteiger partial charge in [-0.1, -0.05) is 0 Å². The number of aliphatic hydroxyl groups is 1. The van der Waals surface area contributed by atoms with Crippen molar-refractivity contribution in [3.63, 3.8) is 0 Å². The zero-order chi connectivity index (χ0) is 14.4. The third-order valence-electron chi connectivity index (χ3n) is 2.66. The van der Waals surface area contributed by atoms with E-state index < -0.39 is 0 Å². The minimum atomic E-state index is -0.261. The van der Waals surface area contributed by atoms with Crippen molar-refractivity contribution in [3.8, 4) is 0 Å². The Bertz CT molecular complexity index is 470. The van der Waals surface area contributed by atoms with Crippen LogP contribution in [0.3, 0.4) is 0 Å². The molecule has 1 aromatic carbocycles. The van der Waals surface area contributed by atoms with Crippen molar-refractivity contribution in [2.75, 3.05) is 31.3 Å². The van der Waals surface area contributed by atoms with Crippen molar-refractivity contribution in [2.24, 2.45) is 0 Å². The summed E-state index contributed by atoms with van der Waals surface area (Å²) in [6.45, 7) is 1.64. The Morgan fingerprint density at radius 3 is 2.79 bits per heavy atom. The Morgan fingerprint density at radius 1 is 1.53 bits per heavy atom. The van der Waals surface area contributed by atoms with Gasteiger partial charge in [-0.25, -0.2) is 0 Å². The van der Waals surface area contributed by atoms with Crippen LogP contribution in [-0.2, 0) is 4.79 Å². The number of carbonyl (C=O) groups is 1. The van der Waals surface area contributed by atoms with E-state index in [0.29, 0.717) is 5.69 Å². The summed E-state index contributed by atoms with van der Waals surface area (Å²) in [7, 11) is 3.88. The van der Waals surface area contributed by atoms with Gasteiger partial charge < -0.3 is 21.1 Å². The van der Waals surface area contributed by atoms with Crippen LogP contribution in [0.25, 0.3) is 6.08 Å². The van der Waals surface area contributed by atoms with Gasteiger partial charge in [-0.15, -0.1) is 0 Å². The summed E-state index contributed by atoms with van der Waals surface area (Å²) in [5, 5.41) is 11.5. The van der Waals surface area contributed by atoms with Crippen LogP contribution in [-0.4, -0.2) is 37.8 Å². The summed E-state index contributed by atoms with van der Waals surface area (Å²) in [4.78, 5) is 13.5. The maximum absolute atomic E-state index is 11.6. The normalized spacial score (nSPS) is 12.4. The quantitative estimate of drug-likeness (QED) is 0.543. The number of nitrogen functional groups attached to an aromatic ring is 1. The van der Waals surface area contributed by atoms with Gasteiger partial charge in [0, 0.05) is 37.6 Å². The number of hydrogen-bond donors (Lipinski definition) is 3. The van der Waals surface area contributed by atoms with Crippen molar-refractivity contribution >= 4 is 23.4 Å². The van der Waals surface area contributed by atoms with E-state index in [4.69, 9.17) is 10.8 Å². The van der Waals surface area contributed by atoms with Crippen LogP contribution in [0.15, 0.2) is 24.3 Å². The number of benzene rings is 1. The summed E-state index contributed by atoms with van der Waals surface area (Å²) in [5.74, 6) is -0.254. The van der Waals surface area contributed by atoms with E-state index in [9.17, 15) is 4.79 Å². The molecular weight excluding hydrogens is 242 g/mol. The van der Waals surface area contributed by atoms with Crippen LogP contribution in [0, 0.1) is 0 Å². The molecule has 5 heteroatoms. The number of rotatable bonds is 5. The van der Waals surface area contributed by atoms with Gasteiger partial charge in [0.1, 0.15) is 0 Å². The van der Waals surface area contributed by atoms with Crippen molar-refractivity contribution < 1.29 is 9.90 Å². The third-order valence-corrected chi connectivity index (χ3v) is 2.66. The fourth-order valence-electron chi connectivity index (χ4n) is 1.49. The van der Waals surface area contributed by atoms with E-state index in [1.165, 1.54) is 6.08 Å². The molecule has 1 rings (SSSR count). The summed E-state index contributed by atoms with van der Waals surface area (Å²) >= 11 is 0. The zero-order valence-corrected chi connectivity index (χ0v) is 11.6. The maximum Gasteiger partial charge on any atom is 0.244 e. The molecule has 0 saturated carbocycles. The molecule has 0 aliphatic heterocycles. The predicted molar refractivity (Wildman–Crippen MR) is 78.9 cm³/mol. The van der Waals surface area contributed by atoms with Gasteiger partial charge in [0.25, 0.3) is 0 Å². The van der Waals surface area contributed by atoms with Crippen LogP contribution < -0.4 is 16.0 Å². The summed E-state index contributed by atoms with van der Waals surface area (Å²) in [6, 6.07) is 5.38. The molecule has 0 aliphatic rings. The summed E-state index contributed by atoms with van der Waals surface area (Å²) in [5.41, 5.74) is 8.28. The molecule has 4 N–H and O–H groups in total. The lowest BCUT2D eigenvalue weighted by atomic mass is 10.1. The van der Waals surface area contributed by atoms with E-state index in [0.717, 1.165) is 11.3 Å². The lowest BCUT2D eigenvalue weighted by Crippen LogP contribution is -2.33. The Morgan fingerprint density at radius 2 is 2.21 bits per heavy atom. The number of aliphatic hydroxyl groups excluding tert-OH is 1. The highest BCUT2D eigenvalue weighted by Gasteiger charge is 2.03. The predicted octanol–water partition coefficient (Wildman–Crippen LogP) is 0.845. The first kappa shape index (κ1) is 15.0. The summed E-state index contributed by atoms with van der Waals surface area (Å²) < 4.78 is 0. The summed E-state index contributed by atoms with van der Waals surface area (Å²) in [6.07, 6.45) is 3.08. The van der Waals surface area contributed by atoms with Gasteiger partial charge >= 0.3 is 0 Å². The monoisotopic (exact) mass is 263 g/mol. The van der Waals surface area contributed by atoms with E-state index >= 15 is 0 Å². The van der Waals surface area contributed by atoms with Crippen LogP contribution in [0.4, 0.5) is 11.4 Å². The highest BCUT2D eigenvalue weighted by molar-refractivity contribution is 5.93. The number of nitrogens with one attached hydrogen (secondary N) is 1. The van der Waals surface area contributed by atoms with E-state index in [1.54, 1.807) is 13.0 Å². The number of carbonyl (C=O) groups excluding carboxylic acids is 1. The Labute approximate surface area is 113 Å². The highest BCUT2D eigenvalue weighted by Crippen LogP contribution is 2.20. The molecule has 1 atom stereocenters. The first-order valence-electron chi connectivity index (χ1n) is 6.10. The molecule has 104 valence electrons. The van der Waals surface area contributed by atoms with Crippen molar-refractivity contribution in [1.82, 2.24) is 5.32 Å². The molecule has 1 unspecified atom stereocenters. The minimum Gasteiger partial charge on any atom is -0.398 e. The van der Waals surface area contributed by atoms with Gasteiger partial charge in [-0.2, -0.15) is 0 Å². The van der Waals surface area contributed by atoms with E-state index in [2.05, 4.69) is 5.32 Å². The number of amides is 1. The highest BCUT2D eigenvalue weighted by atomic mass is 16.3. The van der Waals surface area contributed by atoms with Gasteiger partial charge in [0.05, 0.1) is 6.61 Å². The second-order valence-electron chi connectivity index (χ2n) is 4.63. The molecule has 0 saturated heterocycles. The molecule has 1 amide bonds. The topological polar surface area (TPSA) is 78.6 Å². The molecule has 5 nitrogen and oxygen atoms in total. The smallest absolute Gasteiger partial charge is 0.244 e.